The second-order valence-electron chi connectivity index (χ2n) is 3.25. The van der Waals surface area contributed by atoms with E-state index in [-0.39, 0.29) is 28.7 Å². The highest BCUT2D eigenvalue weighted by atomic mass is 35.5. The predicted molar refractivity (Wildman–Crippen MR) is 63.9 cm³/mol. The molecule has 0 radical (unpaired) electrons. The first-order valence-electron chi connectivity index (χ1n) is 4.74. The topological polar surface area (TPSA) is 102 Å². The fourth-order valence-electron chi connectivity index (χ4n) is 1.27. The number of aliphatic hydroxyl groups excluding tert-OH is 2. The molecule has 1 rings (SSSR count). The van der Waals surface area contributed by atoms with Crippen molar-refractivity contribution in [3.8, 4) is 0 Å². The van der Waals surface area contributed by atoms with Crippen molar-refractivity contribution >= 4 is 23.2 Å². The summed E-state index contributed by atoms with van der Waals surface area (Å²) >= 11 is 11.6. The van der Waals surface area contributed by atoms with E-state index in [1.165, 1.54) is 12.3 Å². The molecule has 92 valence electrons. The smallest absolute Gasteiger partial charge is 0.136 e. The lowest BCUT2D eigenvalue weighted by Crippen LogP contribution is -2.20. The summed E-state index contributed by atoms with van der Waals surface area (Å²) in [6, 6.07) is 1.46. The van der Waals surface area contributed by atoms with Crippen LogP contribution < -0.4 is 0 Å². The second-order valence-corrected chi connectivity index (χ2v) is 4.02. The Balaban J connectivity index is 2.81. The number of aliphatic hydroxyl groups is 2. The maximum absolute atomic E-state index is 9.86. The van der Waals surface area contributed by atoms with E-state index >= 15 is 0 Å². The first-order valence-corrected chi connectivity index (χ1v) is 5.50. The summed E-state index contributed by atoms with van der Waals surface area (Å²) in [6.45, 7) is 0.0736. The molecule has 8 heteroatoms. The standard InChI is InChI=1S/C9H10Cl2N4O2/c10-5-1-3-13-9(11)7(5)8(17)6(16)2-4-14-15-12/h1,3,6,8,16-17H,2,4H2. The van der Waals surface area contributed by atoms with Crippen molar-refractivity contribution in [2.24, 2.45) is 5.11 Å². The lowest BCUT2D eigenvalue weighted by Gasteiger charge is -2.18. The fourth-order valence-corrected chi connectivity index (χ4v) is 1.85. The molecule has 1 aromatic rings. The van der Waals surface area contributed by atoms with Gasteiger partial charge in [0.25, 0.3) is 0 Å². The van der Waals surface area contributed by atoms with Gasteiger partial charge in [-0.15, -0.1) is 0 Å². The lowest BCUT2D eigenvalue weighted by atomic mass is 10.0. The van der Waals surface area contributed by atoms with Crippen LogP contribution in [0.1, 0.15) is 18.1 Å². The molecule has 17 heavy (non-hydrogen) atoms. The van der Waals surface area contributed by atoms with Crippen LogP contribution in [0.4, 0.5) is 0 Å². The Bertz CT molecular complexity index is 417. The van der Waals surface area contributed by atoms with Gasteiger partial charge in [0.05, 0.1) is 11.1 Å². The summed E-state index contributed by atoms with van der Waals surface area (Å²) in [5.74, 6) is 0. The monoisotopic (exact) mass is 276 g/mol. The summed E-state index contributed by atoms with van der Waals surface area (Å²) in [6.07, 6.45) is -0.891. The van der Waals surface area contributed by atoms with Crippen LogP contribution in [0.2, 0.25) is 10.2 Å². The molecule has 0 saturated carbocycles. The van der Waals surface area contributed by atoms with Crippen LogP contribution in [0.5, 0.6) is 0 Å². The Morgan fingerprint density at radius 1 is 1.47 bits per heavy atom. The van der Waals surface area contributed by atoms with Crippen LogP contribution >= 0.6 is 23.2 Å². The second kappa shape index (κ2) is 6.64. The quantitative estimate of drug-likeness (QED) is 0.374. The van der Waals surface area contributed by atoms with Crippen molar-refractivity contribution in [1.29, 1.82) is 0 Å². The van der Waals surface area contributed by atoms with Crippen LogP contribution in [0.25, 0.3) is 10.4 Å². The van der Waals surface area contributed by atoms with Gasteiger partial charge in [0, 0.05) is 23.2 Å². The van der Waals surface area contributed by atoms with Crippen LogP contribution in [-0.4, -0.2) is 27.8 Å². The van der Waals surface area contributed by atoms with E-state index in [1.807, 2.05) is 0 Å². The summed E-state index contributed by atoms with van der Waals surface area (Å²) in [4.78, 5) is 6.31. The van der Waals surface area contributed by atoms with Crippen LogP contribution in [0.15, 0.2) is 17.4 Å². The Hall–Kier alpha value is -1.04. The highest BCUT2D eigenvalue weighted by Crippen LogP contribution is 2.31. The number of halogens is 2. The lowest BCUT2D eigenvalue weighted by molar-refractivity contribution is 0.0149. The van der Waals surface area contributed by atoms with Crippen molar-refractivity contribution < 1.29 is 10.2 Å². The van der Waals surface area contributed by atoms with Gasteiger partial charge in [-0.25, -0.2) is 4.98 Å². The highest BCUT2D eigenvalue weighted by Gasteiger charge is 2.23. The molecule has 2 unspecified atom stereocenters. The van der Waals surface area contributed by atoms with Crippen LogP contribution in [-0.2, 0) is 0 Å². The predicted octanol–water partition coefficient (Wildman–Crippen LogP) is 2.48. The molecule has 0 aliphatic rings. The van der Waals surface area contributed by atoms with Crippen LogP contribution in [0.3, 0.4) is 0 Å². The minimum atomic E-state index is -1.27. The summed E-state index contributed by atoms with van der Waals surface area (Å²) in [5.41, 5.74) is 8.26. The molecule has 0 fully saturated rings. The normalized spacial score (nSPS) is 13.9. The molecule has 0 saturated heterocycles. The van der Waals surface area contributed by atoms with Gasteiger partial charge in [0.2, 0.25) is 0 Å². The van der Waals surface area contributed by atoms with Gasteiger partial charge in [-0.3, -0.25) is 0 Å². The van der Waals surface area contributed by atoms with Crippen LogP contribution in [0, 0.1) is 0 Å². The minimum Gasteiger partial charge on any atom is -0.390 e. The molecule has 0 aromatic carbocycles. The average Bonchev–Trinajstić information content (AvgIpc) is 2.28. The Kier molecular flexibility index (Phi) is 5.47. The van der Waals surface area contributed by atoms with Gasteiger partial charge in [-0.05, 0) is 18.0 Å². The van der Waals surface area contributed by atoms with Gasteiger partial charge in [-0.2, -0.15) is 0 Å². The van der Waals surface area contributed by atoms with E-state index in [1.54, 1.807) is 0 Å². The van der Waals surface area contributed by atoms with E-state index in [2.05, 4.69) is 15.0 Å². The molecule has 1 aromatic heterocycles. The molecule has 0 spiro atoms. The third kappa shape index (κ3) is 3.73. The molecule has 0 aliphatic heterocycles. The average molecular weight is 277 g/mol. The molecule has 0 amide bonds. The molecular weight excluding hydrogens is 267 g/mol. The third-order valence-corrected chi connectivity index (χ3v) is 2.77. The van der Waals surface area contributed by atoms with Gasteiger partial charge in [0.15, 0.2) is 0 Å². The van der Waals surface area contributed by atoms with Crippen molar-refractivity contribution in [3.05, 3.63) is 38.4 Å². The third-order valence-electron chi connectivity index (χ3n) is 2.14. The summed E-state index contributed by atoms with van der Waals surface area (Å²) in [7, 11) is 0. The van der Waals surface area contributed by atoms with Gasteiger partial charge in [0.1, 0.15) is 11.3 Å². The SMILES string of the molecule is [N-]=[N+]=NCCC(O)C(O)c1c(Cl)ccnc1Cl. The molecule has 0 aliphatic carbocycles. The molecule has 6 nitrogen and oxygen atoms in total. The Labute approximate surface area is 107 Å². The van der Waals surface area contributed by atoms with E-state index in [0.29, 0.717) is 0 Å². The van der Waals surface area contributed by atoms with Crippen molar-refractivity contribution in [2.75, 3.05) is 6.54 Å². The van der Waals surface area contributed by atoms with E-state index < -0.39 is 12.2 Å². The highest BCUT2D eigenvalue weighted by molar-refractivity contribution is 6.35. The molecule has 1 heterocycles. The largest absolute Gasteiger partial charge is 0.390 e. The van der Waals surface area contributed by atoms with Gasteiger partial charge >= 0.3 is 0 Å². The van der Waals surface area contributed by atoms with Gasteiger partial charge < -0.3 is 10.2 Å². The molecule has 0 bridgehead atoms. The zero-order valence-electron chi connectivity index (χ0n) is 8.66. The fraction of sp³-hybridized carbons (Fsp3) is 0.444. The van der Waals surface area contributed by atoms with E-state index in [0.717, 1.165) is 0 Å². The van der Waals surface area contributed by atoms with Crippen molar-refractivity contribution in [1.82, 2.24) is 4.98 Å². The van der Waals surface area contributed by atoms with E-state index in [9.17, 15) is 10.2 Å². The number of hydrogen-bond donors (Lipinski definition) is 2. The first kappa shape index (κ1) is 14.0. The molecular formula is C9H10Cl2N4O2. The number of hydrogen-bond acceptors (Lipinski definition) is 4. The Morgan fingerprint density at radius 3 is 2.76 bits per heavy atom. The number of azide groups is 1. The van der Waals surface area contributed by atoms with Crippen molar-refractivity contribution in [2.45, 2.75) is 18.6 Å². The zero-order chi connectivity index (χ0) is 12.8. The Morgan fingerprint density at radius 2 is 2.18 bits per heavy atom. The molecule has 2 atom stereocenters. The maximum Gasteiger partial charge on any atom is 0.136 e. The molecule has 2 N–H and O–H groups in total. The van der Waals surface area contributed by atoms with Gasteiger partial charge in [-0.1, -0.05) is 28.3 Å². The number of nitrogens with zero attached hydrogens (tertiary/aromatic N) is 4. The summed E-state index contributed by atoms with van der Waals surface area (Å²) < 4.78 is 0. The first-order chi connectivity index (χ1) is 8.07. The van der Waals surface area contributed by atoms with E-state index in [4.69, 9.17) is 28.7 Å². The number of rotatable bonds is 5. The number of aromatic nitrogens is 1. The minimum absolute atomic E-state index is 0.0350. The summed E-state index contributed by atoms with van der Waals surface area (Å²) in [5, 5.41) is 23.0. The maximum atomic E-state index is 9.86. The number of pyridine rings is 1. The zero-order valence-corrected chi connectivity index (χ0v) is 10.2. The van der Waals surface area contributed by atoms with Crippen molar-refractivity contribution in [3.63, 3.8) is 0 Å².